The normalized spacial score (nSPS) is 11.9. The molecule has 0 nitrogen and oxygen atoms in total. The molecule has 0 atom stereocenters. The van der Waals surface area contributed by atoms with Gasteiger partial charge in [-0.1, -0.05) is 90.5 Å². The van der Waals surface area contributed by atoms with E-state index in [0.717, 1.165) is 0 Å². The highest BCUT2D eigenvalue weighted by Gasteiger charge is 2.16. The van der Waals surface area contributed by atoms with Crippen LogP contribution in [0.15, 0.2) is 84.9 Å². The number of aryl methyl sites for hydroxylation is 2. The van der Waals surface area contributed by atoms with Gasteiger partial charge >= 0.3 is 0 Å². The number of rotatable bonds is 1. The van der Waals surface area contributed by atoms with Crippen molar-refractivity contribution in [2.24, 2.45) is 0 Å². The van der Waals surface area contributed by atoms with Gasteiger partial charge in [0.15, 0.2) is 0 Å². The van der Waals surface area contributed by atoms with Crippen LogP contribution in [-0.2, 0) is 0 Å². The molecule has 0 heteroatoms. The van der Waals surface area contributed by atoms with E-state index in [1.807, 2.05) is 0 Å². The molecule has 6 rings (SSSR count). The van der Waals surface area contributed by atoms with Gasteiger partial charge < -0.3 is 0 Å². The van der Waals surface area contributed by atoms with E-state index in [1.165, 1.54) is 65.3 Å². The summed E-state index contributed by atoms with van der Waals surface area (Å²) in [7, 11) is 0. The van der Waals surface area contributed by atoms with E-state index in [9.17, 15) is 0 Å². The van der Waals surface area contributed by atoms with Crippen LogP contribution in [0.4, 0.5) is 0 Å². The molecule has 0 saturated carbocycles. The molecule has 0 fully saturated rings. The van der Waals surface area contributed by atoms with Crippen molar-refractivity contribution in [3.8, 4) is 11.1 Å². The van der Waals surface area contributed by atoms with Crippen molar-refractivity contribution in [3.05, 3.63) is 96.1 Å². The maximum absolute atomic E-state index is 2.33. The Balaban J connectivity index is 1.96. The minimum Gasteiger partial charge on any atom is -0.0610 e. The molecular formula is C28H20. The van der Waals surface area contributed by atoms with E-state index in [2.05, 4.69) is 98.8 Å². The fraction of sp³-hybridized carbons (Fsp3) is 0.0714. The maximum Gasteiger partial charge on any atom is -0.00140 e. The summed E-state index contributed by atoms with van der Waals surface area (Å²) >= 11 is 0. The molecule has 6 aromatic rings. The quantitative estimate of drug-likeness (QED) is 0.207. The number of hydrogen-bond donors (Lipinski definition) is 0. The molecule has 0 bridgehead atoms. The molecule has 0 aliphatic heterocycles. The number of benzene rings is 6. The molecule has 0 amide bonds. The molecule has 0 heterocycles. The largest absolute Gasteiger partial charge is 0.0610 e. The topological polar surface area (TPSA) is 0 Å². The second-order valence-electron chi connectivity index (χ2n) is 7.92. The van der Waals surface area contributed by atoms with Gasteiger partial charge in [-0.2, -0.15) is 0 Å². The Hall–Kier alpha value is -3.38. The van der Waals surface area contributed by atoms with Crippen LogP contribution in [0.5, 0.6) is 0 Å². The third kappa shape index (κ3) is 2.00. The zero-order valence-electron chi connectivity index (χ0n) is 16.1. The average molecular weight is 356 g/mol. The first kappa shape index (κ1) is 15.7. The van der Waals surface area contributed by atoms with Gasteiger partial charge in [0, 0.05) is 0 Å². The Labute approximate surface area is 164 Å². The molecule has 0 radical (unpaired) electrons. The molecule has 0 aliphatic rings. The Morgan fingerprint density at radius 3 is 1.86 bits per heavy atom. The highest BCUT2D eigenvalue weighted by Crippen LogP contribution is 2.44. The van der Waals surface area contributed by atoms with Crippen molar-refractivity contribution in [1.82, 2.24) is 0 Å². The van der Waals surface area contributed by atoms with Gasteiger partial charge in [0.05, 0.1) is 0 Å². The lowest BCUT2D eigenvalue weighted by atomic mass is 9.85. The van der Waals surface area contributed by atoms with Gasteiger partial charge in [0.1, 0.15) is 0 Å². The molecule has 6 aromatic carbocycles. The van der Waals surface area contributed by atoms with Crippen molar-refractivity contribution in [2.75, 3.05) is 0 Å². The molecule has 0 unspecified atom stereocenters. The number of hydrogen-bond acceptors (Lipinski definition) is 0. The van der Waals surface area contributed by atoms with Crippen molar-refractivity contribution in [3.63, 3.8) is 0 Å². The second-order valence-corrected chi connectivity index (χ2v) is 7.92. The van der Waals surface area contributed by atoms with E-state index in [4.69, 9.17) is 0 Å². The summed E-state index contributed by atoms with van der Waals surface area (Å²) in [6.07, 6.45) is 0. The summed E-state index contributed by atoms with van der Waals surface area (Å²) in [5, 5.41) is 10.8. The molecule has 132 valence electrons. The summed E-state index contributed by atoms with van der Waals surface area (Å²) in [5.41, 5.74) is 5.30. The first-order valence-corrected chi connectivity index (χ1v) is 9.88. The van der Waals surface area contributed by atoms with Gasteiger partial charge in [-0.25, -0.2) is 0 Å². The van der Waals surface area contributed by atoms with Gasteiger partial charge in [0.2, 0.25) is 0 Å². The van der Waals surface area contributed by atoms with Crippen LogP contribution < -0.4 is 0 Å². The van der Waals surface area contributed by atoms with Crippen LogP contribution in [-0.4, -0.2) is 0 Å². The van der Waals surface area contributed by atoms with Crippen molar-refractivity contribution < 1.29 is 0 Å². The van der Waals surface area contributed by atoms with E-state index in [1.54, 1.807) is 0 Å². The monoisotopic (exact) mass is 356 g/mol. The predicted octanol–water partition coefficient (Wildman–Crippen LogP) is 8.02. The molecular weight excluding hydrogens is 336 g/mol. The number of fused-ring (bicyclic) bond motifs is 2. The minimum absolute atomic E-state index is 1.30. The smallest absolute Gasteiger partial charge is 0.00140 e. The van der Waals surface area contributed by atoms with Gasteiger partial charge in [-0.3, -0.25) is 0 Å². The van der Waals surface area contributed by atoms with Crippen LogP contribution in [0.3, 0.4) is 0 Å². The lowest BCUT2D eigenvalue weighted by Gasteiger charge is -2.18. The van der Waals surface area contributed by atoms with Crippen LogP contribution in [0, 0.1) is 13.8 Å². The summed E-state index contributed by atoms with van der Waals surface area (Å²) < 4.78 is 0. The van der Waals surface area contributed by atoms with Crippen LogP contribution in [0.2, 0.25) is 0 Å². The van der Waals surface area contributed by atoms with E-state index >= 15 is 0 Å². The minimum atomic E-state index is 1.30. The Morgan fingerprint density at radius 1 is 0.464 bits per heavy atom. The Bertz CT molecular complexity index is 1510. The van der Waals surface area contributed by atoms with Crippen LogP contribution >= 0.6 is 0 Å². The zero-order chi connectivity index (χ0) is 18.8. The van der Waals surface area contributed by atoms with Crippen molar-refractivity contribution in [1.29, 1.82) is 0 Å². The molecule has 0 aliphatic carbocycles. The fourth-order valence-corrected chi connectivity index (χ4v) is 4.91. The third-order valence-corrected chi connectivity index (χ3v) is 6.19. The first-order valence-electron chi connectivity index (χ1n) is 9.88. The van der Waals surface area contributed by atoms with Crippen molar-refractivity contribution in [2.45, 2.75) is 13.8 Å². The molecule has 28 heavy (non-hydrogen) atoms. The van der Waals surface area contributed by atoms with Crippen LogP contribution in [0.1, 0.15) is 11.1 Å². The first-order chi connectivity index (χ1) is 13.7. The van der Waals surface area contributed by atoms with Crippen molar-refractivity contribution >= 4 is 43.1 Å². The summed E-state index contributed by atoms with van der Waals surface area (Å²) in [5.74, 6) is 0. The Morgan fingerprint density at radius 2 is 1.11 bits per heavy atom. The standard InChI is InChI=1S/C28H20/c1-17-12-13-18(2)25(16-17)23-15-14-20-8-4-10-22-21-9-3-6-19-7-5-11-24(26(19)21)28(23)27(20)22/h3-16H,1-2H3. The van der Waals surface area contributed by atoms with Gasteiger partial charge in [-0.15, -0.1) is 0 Å². The summed E-state index contributed by atoms with van der Waals surface area (Å²) in [4.78, 5) is 0. The highest BCUT2D eigenvalue weighted by atomic mass is 14.2. The van der Waals surface area contributed by atoms with Crippen LogP contribution in [0.25, 0.3) is 54.2 Å². The molecule has 0 saturated heterocycles. The van der Waals surface area contributed by atoms with E-state index in [0.29, 0.717) is 0 Å². The zero-order valence-corrected chi connectivity index (χ0v) is 16.1. The third-order valence-electron chi connectivity index (χ3n) is 6.19. The Kier molecular flexibility index (Phi) is 3.11. The lowest BCUT2D eigenvalue weighted by Crippen LogP contribution is -1.91. The van der Waals surface area contributed by atoms with Gasteiger partial charge in [-0.05, 0) is 73.6 Å². The maximum atomic E-state index is 2.33. The summed E-state index contributed by atoms with van der Waals surface area (Å²) in [6, 6.07) is 31.5. The predicted molar refractivity (Wildman–Crippen MR) is 123 cm³/mol. The highest BCUT2D eigenvalue weighted by molar-refractivity contribution is 6.35. The van der Waals surface area contributed by atoms with E-state index < -0.39 is 0 Å². The molecule has 0 spiro atoms. The molecule has 0 N–H and O–H groups in total. The SMILES string of the molecule is Cc1ccc(C)c(-c2ccc3cccc4c5cccc6cccc(c2c34)c65)c1. The van der Waals surface area contributed by atoms with Gasteiger partial charge in [0.25, 0.3) is 0 Å². The lowest BCUT2D eigenvalue weighted by molar-refractivity contribution is 1.40. The molecule has 0 aromatic heterocycles. The fourth-order valence-electron chi connectivity index (χ4n) is 4.91. The average Bonchev–Trinajstić information content (AvgIpc) is 2.73. The second kappa shape index (κ2) is 5.56. The summed E-state index contributed by atoms with van der Waals surface area (Å²) in [6.45, 7) is 4.39. The van der Waals surface area contributed by atoms with E-state index in [-0.39, 0.29) is 0 Å².